The van der Waals surface area contributed by atoms with E-state index in [1.165, 1.54) is 10.6 Å². The van der Waals surface area contributed by atoms with Crippen LogP contribution in [0, 0.1) is 0 Å². The first-order valence-corrected chi connectivity index (χ1v) is 8.19. The molecule has 126 valence electrons. The highest BCUT2D eigenvalue weighted by atomic mass is 35.5. The maximum absolute atomic E-state index is 13.0. The molecule has 1 atom stereocenters. The Bertz CT molecular complexity index is 1090. The first kappa shape index (κ1) is 16.0. The molecule has 2 aromatic carbocycles. The first-order chi connectivity index (χ1) is 12.0. The van der Waals surface area contributed by atoms with E-state index >= 15 is 0 Å². The van der Waals surface area contributed by atoms with Gasteiger partial charge in [0.25, 0.3) is 5.56 Å². The second kappa shape index (κ2) is 5.81. The van der Waals surface area contributed by atoms with E-state index in [-0.39, 0.29) is 17.9 Å². The van der Waals surface area contributed by atoms with Crippen LogP contribution in [0.3, 0.4) is 0 Å². The zero-order chi connectivity index (χ0) is 17.7. The third-order valence-corrected chi connectivity index (χ3v) is 4.73. The number of carbonyl (C=O) groups is 1. The van der Waals surface area contributed by atoms with E-state index in [9.17, 15) is 19.8 Å². The summed E-state index contributed by atoms with van der Waals surface area (Å²) in [6.45, 7) is -0.591. The lowest BCUT2D eigenvalue weighted by atomic mass is 10.0. The molecule has 0 amide bonds. The number of aliphatic hydroxyl groups excluding tert-OH is 2. The quantitative estimate of drug-likeness (QED) is 0.590. The van der Waals surface area contributed by atoms with Crippen LogP contribution in [-0.4, -0.2) is 33.3 Å². The van der Waals surface area contributed by atoms with Gasteiger partial charge in [-0.3, -0.25) is 9.59 Å². The summed E-state index contributed by atoms with van der Waals surface area (Å²) >= 11 is 6.03. The van der Waals surface area contributed by atoms with Crippen LogP contribution < -0.4 is 5.56 Å². The maximum Gasteiger partial charge on any atom is 0.259 e. The number of benzene rings is 2. The maximum atomic E-state index is 13.0. The number of halogens is 1. The molecule has 1 aliphatic carbocycles. The van der Waals surface area contributed by atoms with Crippen molar-refractivity contribution in [2.75, 3.05) is 6.61 Å². The molecule has 0 aliphatic heterocycles. The topological polar surface area (TPSA) is 79.5 Å². The van der Waals surface area contributed by atoms with Crippen molar-refractivity contribution in [1.29, 1.82) is 0 Å². The van der Waals surface area contributed by atoms with Gasteiger partial charge in [-0.25, -0.2) is 0 Å². The Labute approximate surface area is 147 Å². The number of aliphatic hydroxyl groups is 2. The van der Waals surface area contributed by atoms with E-state index in [0.717, 1.165) is 0 Å². The standard InChI is InChI=1S/C19H14ClNO4/c20-10-5-6-12-15(7-10)19(25)21(8-11(23)9-22)17-13-3-1-2-4-14(13)18(24)16(12)17/h1-7,11,22-23H,8-9H2/t11-/m0/s1. The molecule has 3 aromatic rings. The average Bonchev–Trinajstić information content (AvgIpc) is 2.92. The molecule has 0 saturated carbocycles. The zero-order valence-electron chi connectivity index (χ0n) is 13.1. The average molecular weight is 356 g/mol. The van der Waals surface area contributed by atoms with Crippen LogP contribution in [0.15, 0.2) is 47.3 Å². The summed E-state index contributed by atoms with van der Waals surface area (Å²) in [5.41, 5.74) is 1.73. The summed E-state index contributed by atoms with van der Waals surface area (Å²) < 4.78 is 1.36. The molecule has 25 heavy (non-hydrogen) atoms. The van der Waals surface area contributed by atoms with Crippen molar-refractivity contribution in [1.82, 2.24) is 4.57 Å². The SMILES string of the molecule is O=C1c2ccccc2-c2c1c1ccc(Cl)cc1c(=O)n2C[C@H](O)CO. The smallest absolute Gasteiger partial charge is 0.259 e. The van der Waals surface area contributed by atoms with Crippen LogP contribution in [0.5, 0.6) is 0 Å². The van der Waals surface area contributed by atoms with E-state index in [0.29, 0.717) is 38.2 Å². The Morgan fingerprint density at radius 3 is 2.48 bits per heavy atom. The van der Waals surface area contributed by atoms with Gasteiger partial charge < -0.3 is 14.8 Å². The number of ketones is 1. The molecule has 1 heterocycles. The second-order valence-corrected chi connectivity index (χ2v) is 6.48. The predicted molar refractivity (Wildman–Crippen MR) is 95.2 cm³/mol. The van der Waals surface area contributed by atoms with Crippen molar-refractivity contribution < 1.29 is 15.0 Å². The van der Waals surface area contributed by atoms with Crippen LogP contribution >= 0.6 is 11.6 Å². The highest BCUT2D eigenvalue weighted by Crippen LogP contribution is 2.39. The van der Waals surface area contributed by atoms with Gasteiger partial charge in [-0.1, -0.05) is 41.9 Å². The third-order valence-electron chi connectivity index (χ3n) is 4.49. The molecule has 2 N–H and O–H groups in total. The number of rotatable bonds is 3. The Hall–Kier alpha value is -2.47. The summed E-state index contributed by atoms with van der Waals surface area (Å²) in [6, 6.07) is 11.9. The number of nitrogens with zero attached hydrogens (tertiary/aromatic N) is 1. The molecule has 0 saturated heterocycles. The van der Waals surface area contributed by atoms with Gasteiger partial charge >= 0.3 is 0 Å². The van der Waals surface area contributed by atoms with E-state index in [1.807, 2.05) is 0 Å². The number of aromatic nitrogens is 1. The molecule has 0 bridgehead atoms. The molecule has 1 aliphatic rings. The summed E-state index contributed by atoms with van der Waals surface area (Å²) in [7, 11) is 0. The highest BCUT2D eigenvalue weighted by molar-refractivity contribution is 6.32. The minimum absolute atomic E-state index is 0.109. The first-order valence-electron chi connectivity index (χ1n) is 7.82. The monoisotopic (exact) mass is 355 g/mol. The lowest BCUT2D eigenvalue weighted by Gasteiger charge is -2.17. The highest BCUT2D eigenvalue weighted by Gasteiger charge is 2.32. The van der Waals surface area contributed by atoms with Crippen LogP contribution in [0.25, 0.3) is 22.0 Å². The Balaban J connectivity index is 2.16. The molecule has 0 radical (unpaired) electrons. The number of hydrogen-bond acceptors (Lipinski definition) is 4. The molecule has 0 fully saturated rings. The van der Waals surface area contributed by atoms with E-state index < -0.39 is 12.7 Å². The normalized spacial score (nSPS) is 13.8. The lowest BCUT2D eigenvalue weighted by Crippen LogP contribution is -2.30. The fourth-order valence-electron chi connectivity index (χ4n) is 3.40. The molecule has 6 heteroatoms. The van der Waals surface area contributed by atoms with Crippen LogP contribution in [0.2, 0.25) is 5.02 Å². The van der Waals surface area contributed by atoms with Crippen LogP contribution in [0.1, 0.15) is 15.9 Å². The van der Waals surface area contributed by atoms with Crippen molar-refractivity contribution in [2.24, 2.45) is 0 Å². The van der Waals surface area contributed by atoms with Gasteiger partial charge in [0.1, 0.15) is 0 Å². The van der Waals surface area contributed by atoms with Crippen molar-refractivity contribution in [3.05, 3.63) is 69.0 Å². The van der Waals surface area contributed by atoms with E-state index in [1.54, 1.807) is 36.4 Å². The molecule has 1 aromatic heterocycles. The van der Waals surface area contributed by atoms with E-state index in [2.05, 4.69) is 0 Å². The number of hydrogen-bond donors (Lipinski definition) is 2. The molecule has 4 rings (SSSR count). The number of pyridine rings is 1. The van der Waals surface area contributed by atoms with Gasteiger partial charge in [-0.2, -0.15) is 0 Å². The summed E-state index contributed by atoms with van der Waals surface area (Å²) in [5, 5.41) is 20.3. The van der Waals surface area contributed by atoms with Gasteiger partial charge in [0.05, 0.1) is 30.5 Å². The fraction of sp³-hybridized carbons (Fsp3) is 0.158. The largest absolute Gasteiger partial charge is 0.394 e. The molecule has 0 unspecified atom stereocenters. The minimum atomic E-state index is -1.11. The molecular weight excluding hydrogens is 342 g/mol. The second-order valence-electron chi connectivity index (χ2n) is 6.04. The molecule has 0 spiro atoms. The van der Waals surface area contributed by atoms with E-state index in [4.69, 9.17) is 11.6 Å². The Kier molecular flexibility index (Phi) is 3.72. The predicted octanol–water partition coefficient (Wildman–Crippen LogP) is 2.22. The van der Waals surface area contributed by atoms with Gasteiger partial charge in [-0.15, -0.1) is 0 Å². The van der Waals surface area contributed by atoms with Gasteiger partial charge in [0.15, 0.2) is 5.78 Å². The summed E-state index contributed by atoms with van der Waals surface area (Å²) in [6.07, 6.45) is -1.11. The Morgan fingerprint density at radius 2 is 1.76 bits per heavy atom. The van der Waals surface area contributed by atoms with Gasteiger partial charge in [-0.05, 0) is 12.1 Å². The third kappa shape index (κ3) is 2.32. The van der Waals surface area contributed by atoms with Crippen LogP contribution in [0.4, 0.5) is 0 Å². The Morgan fingerprint density at radius 1 is 1.04 bits per heavy atom. The summed E-state index contributed by atoms with van der Waals surface area (Å²) in [4.78, 5) is 26.0. The molecular formula is C19H14ClNO4. The van der Waals surface area contributed by atoms with Crippen LogP contribution in [-0.2, 0) is 6.54 Å². The van der Waals surface area contributed by atoms with Crippen molar-refractivity contribution in [3.8, 4) is 11.3 Å². The zero-order valence-corrected chi connectivity index (χ0v) is 13.8. The number of carbonyl (C=O) groups excluding carboxylic acids is 1. The van der Waals surface area contributed by atoms with Gasteiger partial charge in [0.2, 0.25) is 0 Å². The summed E-state index contributed by atoms with van der Waals surface area (Å²) in [5.74, 6) is -0.162. The van der Waals surface area contributed by atoms with Crippen molar-refractivity contribution >= 4 is 28.2 Å². The number of fused-ring (bicyclic) bond motifs is 5. The van der Waals surface area contributed by atoms with Crippen molar-refractivity contribution in [2.45, 2.75) is 12.6 Å². The minimum Gasteiger partial charge on any atom is -0.394 e. The fourth-order valence-corrected chi connectivity index (χ4v) is 3.57. The lowest BCUT2D eigenvalue weighted by molar-refractivity contribution is 0.0808. The van der Waals surface area contributed by atoms with Crippen molar-refractivity contribution in [3.63, 3.8) is 0 Å². The van der Waals surface area contributed by atoms with Gasteiger partial charge in [0, 0.05) is 26.9 Å². The molecule has 5 nitrogen and oxygen atoms in total.